The summed E-state index contributed by atoms with van der Waals surface area (Å²) in [5.74, 6) is -2.98. The van der Waals surface area contributed by atoms with Gasteiger partial charge in [0.1, 0.15) is 12.2 Å². The van der Waals surface area contributed by atoms with Gasteiger partial charge in [0.05, 0.1) is 18.6 Å². The van der Waals surface area contributed by atoms with Crippen molar-refractivity contribution in [3.63, 3.8) is 0 Å². The molecule has 0 fully saturated rings. The summed E-state index contributed by atoms with van der Waals surface area (Å²) in [6.45, 7) is 15.3. The number of fused-ring (bicyclic) bond motifs is 2. The number of Topliss-reactive ketones (excluding diaryl/α,β-unsaturated/α-hetero) is 1. The first-order valence-corrected chi connectivity index (χ1v) is 15.4. The summed E-state index contributed by atoms with van der Waals surface area (Å²) in [5.41, 5.74) is 2.65. The first-order valence-electron chi connectivity index (χ1n) is 15.4. The molecule has 0 saturated carbocycles. The van der Waals surface area contributed by atoms with Gasteiger partial charge in [-0.2, -0.15) is 0 Å². The molecule has 2 aliphatic rings. The van der Waals surface area contributed by atoms with Crippen LogP contribution < -0.4 is 0 Å². The van der Waals surface area contributed by atoms with Gasteiger partial charge < -0.3 is 24.8 Å². The molecule has 2 rings (SSSR count). The van der Waals surface area contributed by atoms with E-state index in [0.29, 0.717) is 19.3 Å². The number of carbonyl (C=O) groups excluding carboxylic acids is 2. The van der Waals surface area contributed by atoms with Gasteiger partial charge >= 0.3 is 5.97 Å². The molecule has 232 valence electrons. The van der Waals surface area contributed by atoms with Gasteiger partial charge in [-0.3, -0.25) is 9.59 Å². The fourth-order valence-corrected chi connectivity index (χ4v) is 6.05. The molecule has 7 nitrogen and oxygen atoms in total. The molecule has 1 unspecified atom stereocenters. The van der Waals surface area contributed by atoms with Crippen molar-refractivity contribution >= 4 is 11.8 Å². The van der Waals surface area contributed by atoms with Crippen molar-refractivity contribution in [1.29, 1.82) is 0 Å². The second-order valence-electron chi connectivity index (χ2n) is 12.6. The molecule has 0 aromatic rings. The minimum Gasteiger partial charge on any atom is -0.462 e. The third-order valence-electron chi connectivity index (χ3n) is 8.60. The number of hydrogen-bond acceptors (Lipinski definition) is 7. The second-order valence-corrected chi connectivity index (χ2v) is 12.6. The standard InChI is InChI=1S/C34H54O7/c1-9-29(36)25(6)18-21(2)19-26(7)33-27(8)31(38)22(3)14-15-28(35)13-11-10-12-23(4)32-24(5)16-17-34(39,41-32)20-30(37)40-33/h12,14-16,18,21-22,26-28,31-33,35,38-39H,9-11,13,17,19-20H2,1-8H3/b15-14?,23-12+,25-18+/t21-,22-,26+,27+,28+,31?,32+,33+,34+/m0/s1. The Labute approximate surface area is 247 Å². The number of aliphatic hydroxyl groups is 3. The molecule has 7 heteroatoms. The van der Waals surface area contributed by atoms with Gasteiger partial charge in [0, 0.05) is 24.7 Å². The molecule has 0 aromatic heterocycles. The van der Waals surface area contributed by atoms with Crippen LogP contribution in [0.4, 0.5) is 0 Å². The molecule has 2 aliphatic heterocycles. The Morgan fingerprint density at radius 1 is 1.15 bits per heavy atom. The number of cyclic esters (lactones) is 1. The fourth-order valence-electron chi connectivity index (χ4n) is 6.05. The Morgan fingerprint density at radius 2 is 1.80 bits per heavy atom. The molecule has 2 heterocycles. The minimum atomic E-state index is -1.70. The highest BCUT2D eigenvalue weighted by Gasteiger charge is 2.40. The van der Waals surface area contributed by atoms with E-state index in [1.165, 1.54) is 0 Å². The molecule has 3 N–H and O–H groups in total. The van der Waals surface area contributed by atoms with Crippen LogP contribution in [0.2, 0.25) is 0 Å². The van der Waals surface area contributed by atoms with Crippen LogP contribution in [-0.4, -0.2) is 57.3 Å². The first-order chi connectivity index (χ1) is 19.2. The number of ether oxygens (including phenoxy) is 2. The van der Waals surface area contributed by atoms with E-state index in [4.69, 9.17) is 9.47 Å². The molecule has 0 spiro atoms. The Morgan fingerprint density at radius 3 is 2.46 bits per heavy atom. The Balaban J connectivity index is 2.38. The van der Waals surface area contributed by atoms with Crippen molar-refractivity contribution in [2.75, 3.05) is 0 Å². The van der Waals surface area contributed by atoms with Crippen LogP contribution in [0.5, 0.6) is 0 Å². The van der Waals surface area contributed by atoms with Gasteiger partial charge in [-0.05, 0) is 75.0 Å². The van der Waals surface area contributed by atoms with E-state index in [2.05, 4.69) is 6.08 Å². The SMILES string of the molecule is CCC(=O)/C(C)=C/[C@H](C)C[C@@H](C)[C@H]1OC(=O)C[C@@]2(O)CC=C(C)[C@H](O2)/C(C)=C/CCC[C@@H](O)C=C[C@H](C)C(O)[C@H]1C. The molecule has 0 amide bonds. The predicted molar refractivity (Wildman–Crippen MR) is 162 cm³/mol. The highest BCUT2D eigenvalue weighted by molar-refractivity contribution is 5.94. The highest BCUT2D eigenvalue weighted by Crippen LogP contribution is 2.35. The van der Waals surface area contributed by atoms with E-state index in [1.54, 1.807) is 6.08 Å². The van der Waals surface area contributed by atoms with Crippen LogP contribution in [0.1, 0.15) is 100 Å². The largest absolute Gasteiger partial charge is 0.462 e. The maximum atomic E-state index is 13.3. The summed E-state index contributed by atoms with van der Waals surface area (Å²) >= 11 is 0. The number of aliphatic hydroxyl groups excluding tert-OH is 2. The maximum absolute atomic E-state index is 13.3. The highest BCUT2D eigenvalue weighted by atomic mass is 16.6. The van der Waals surface area contributed by atoms with Crippen molar-refractivity contribution < 1.29 is 34.4 Å². The van der Waals surface area contributed by atoms with Crippen molar-refractivity contribution in [2.45, 2.75) is 131 Å². The number of ketones is 1. The van der Waals surface area contributed by atoms with Crippen LogP contribution in [-0.2, 0) is 19.1 Å². The lowest BCUT2D eigenvalue weighted by Gasteiger charge is -2.38. The second kappa shape index (κ2) is 16.0. The average molecular weight is 575 g/mol. The van der Waals surface area contributed by atoms with E-state index in [-0.39, 0.29) is 36.4 Å². The summed E-state index contributed by atoms with van der Waals surface area (Å²) in [7, 11) is 0. The van der Waals surface area contributed by atoms with Gasteiger partial charge in [-0.1, -0.05) is 65.0 Å². The van der Waals surface area contributed by atoms with Crippen molar-refractivity contribution in [2.24, 2.45) is 23.7 Å². The molecular weight excluding hydrogens is 520 g/mol. The van der Waals surface area contributed by atoms with Crippen LogP contribution in [0, 0.1) is 23.7 Å². The lowest BCUT2D eigenvalue weighted by Crippen LogP contribution is -2.45. The van der Waals surface area contributed by atoms with Gasteiger partial charge in [0.15, 0.2) is 11.6 Å². The van der Waals surface area contributed by atoms with Gasteiger partial charge in [-0.25, -0.2) is 0 Å². The number of hydrogen-bond donors (Lipinski definition) is 3. The van der Waals surface area contributed by atoms with Crippen LogP contribution in [0.3, 0.4) is 0 Å². The van der Waals surface area contributed by atoms with Crippen molar-refractivity contribution in [3.05, 3.63) is 47.1 Å². The van der Waals surface area contributed by atoms with Crippen molar-refractivity contribution in [3.8, 4) is 0 Å². The summed E-state index contributed by atoms with van der Waals surface area (Å²) in [4.78, 5) is 25.5. The van der Waals surface area contributed by atoms with E-state index < -0.39 is 42.1 Å². The monoisotopic (exact) mass is 574 g/mol. The number of esters is 1. The number of allylic oxidation sites excluding steroid dienone is 3. The zero-order chi connectivity index (χ0) is 30.9. The van der Waals surface area contributed by atoms with E-state index in [9.17, 15) is 24.9 Å². The Hall–Kier alpha value is -2.06. The third kappa shape index (κ3) is 10.6. The van der Waals surface area contributed by atoms with Gasteiger partial charge in [0.2, 0.25) is 0 Å². The van der Waals surface area contributed by atoms with Crippen molar-refractivity contribution in [1.82, 2.24) is 0 Å². The van der Waals surface area contributed by atoms with Crippen LogP contribution in [0.25, 0.3) is 0 Å². The molecule has 2 bridgehead atoms. The zero-order valence-electron chi connectivity index (χ0n) is 26.4. The zero-order valence-corrected chi connectivity index (χ0v) is 26.4. The lowest BCUT2D eigenvalue weighted by molar-refractivity contribution is -0.230. The van der Waals surface area contributed by atoms with Crippen LogP contribution >= 0.6 is 0 Å². The predicted octanol–water partition coefficient (Wildman–Crippen LogP) is 5.98. The Bertz CT molecular complexity index is 1010. The summed E-state index contributed by atoms with van der Waals surface area (Å²) < 4.78 is 12.2. The lowest BCUT2D eigenvalue weighted by atomic mass is 9.80. The average Bonchev–Trinajstić information content (AvgIpc) is 2.91. The van der Waals surface area contributed by atoms with E-state index >= 15 is 0 Å². The van der Waals surface area contributed by atoms with Crippen LogP contribution in [0.15, 0.2) is 47.1 Å². The summed E-state index contributed by atoms with van der Waals surface area (Å²) in [6.07, 6.45) is 10.0. The normalized spacial score (nSPS) is 35.7. The minimum absolute atomic E-state index is 0.0542. The molecule has 41 heavy (non-hydrogen) atoms. The molecule has 0 aromatic carbocycles. The van der Waals surface area contributed by atoms with E-state index in [0.717, 1.165) is 29.6 Å². The first kappa shape index (κ1) is 35.1. The van der Waals surface area contributed by atoms with E-state index in [1.807, 2.05) is 73.6 Å². The Kier molecular flexibility index (Phi) is 13.7. The molecule has 0 aliphatic carbocycles. The summed E-state index contributed by atoms with van der Waals surface area (Å²) in [5, 5.41) is 33.1. The molecule has 0 radical (unpaired) electrons. The molecule has 9 atom stereocenters. The quantitative estimate of drug-likeness (QED) is 0.203. The molecular formula is C34H54O7. The number of carbonyl (C=O) groups is 2. The van der Waals surface area contributed by atoms with Gasteiger partial charge in [0.25, 0.3) is 0 Å². The topological polar surface area (TPSA) is 113 Å². The smallest absolute Gasteiger partial charge is 0.311 e. The molecule has 0 saturated heterocycles. The fraction of sp³-hybridized carbons (Fsp3) is 0.706. The number of rotatable bonds is 6. The summed E-state index contributed by atoms with van der Waals surface area (Å²) in [6, 6.07) is 0. The van der Waals surface area contributed by atoms with Gasteiger partial charge in [-0.15, -0.1) is 0 Å². The third-order valence-corrected chi connectivity index (χ3v) is 8.60. The maximum Gasteiger partial charge on any atom is 0.311 e.